The number of carbonyl (C=O) groups excluding carboxylic acids is 1. The molecule has 17 heavy (non-hydrogen) atoms. The highest BCUT2D eigenvalue weighted by atomic mass is 16.5. The zero-order valence-electron chi connectivity index (χ0n) is 9.38. The van der Waals surface area contributed by atoms with Gasteiger partial charge in [0.2, 0.25) is 5.78 Å². The summed E-state index contributed by atoms with van der Waals surface area (Å²) in [5.74, 6) is 0.389. The van der Waals surface area contributed by atoms with Gasteiger partial charge in [0.25, 0.3) is 0 Å². The lowest BCUT2D eigenvalue weighted by Crippen LogP contribution is -2.07. The van der Waals surface area contributed by atoms with Crippen LogP contribution in [0.3, 0.4) is 0 Å². The maximum Gasteiger partial charge on any atom is 0.213 e. The van der Waals surface area contributed by atoms with Crippen LogP contribution in [0, 0.1) is 0 Å². The number of benzene rings is 1. The summed E-state index contributed by atoms with van der Waals surface area (Å²) in [6, 6.07) is 10.1. The zero-order chi connectivity index (χ0) is 12.3. The molecule has 0 spiro atoms. The smallest absolute Gasteiger partial charge is 0.213 e. The van der Waals surface area contributed by atoms with Gasteiger partial charge in [0.05, 0.1) is 12.7 Å². The van der Waals surface area contributed by atoms with Crippen LogP contribution in [0.2, 0.25) is 0 Å². The van der Waals surface area contributed by atoms with Gasteiger partial charge in [0.1, 0.15) is 11.4 Å². The van der Waals surface area contributed by atoms with Crippen molar-refractivity contribution in [3.63, 3.8) is 0 Å². The summed E-state index contributed by atoms with van der Waals surface area (Å²) in [5.41, 5.74) is 6.97. The second-order valence-electron chi connectivity index (χ2n) is 3.50. The first kappa shape index (κ1) is 11.1. The molecule has 0 aliphatic rings. The second-order valence-corrected chi connectivity index (χ2v) is 3.50. The summed E-state index contributed by atoms with van der Waals surface area (Å²) < 4.78 is 5.07. The minimum atomic E-state index is -0.206. The van der Waals surface area contributed by atoms with Crippen molar-refractivity contribution in [2.24, 2.45) is 0 Å². The number of hydrogen-bond acceptors (Lipinski definition) is 4. The third-order valence-corrected chi connectivity index (χ3v) is 2.40. The highest BCUT2D eigenvalue weighted by Crippen LogP contribution is 2.21. The predicted octanol–water partition coefficient (Wildman–Crippen LogP) is 1.90. The number of anilines is 1. The minimum Gasteiger partial charge on any atom is -0.497 e. The van der Waals surface area contributed by atoms with E-state index in [1.54, 1.807) is 49.7 Å². The Morgan fingerprint density at radius 3 is 2.76 bits per heavy atom. The fourth-order valence-corrected chi connectivity index (χ4v) is 1.49. The second kappa shape index (κ2) is 4.65. The van der Waals surface area contributed by atoms with E-state index in [2.05, 4.69) is 4.98 Å². The van der Waals surface area contributed by atoms with Crippen LogP contribution in [0.25, 0.3) is 0 Å². The first-order valence-corrected chi connectivity index (χ1v) is 5.11. The summed E-state index contributed by atoms with van der Waals surface area (Å²) in [7, 11) is 1.54. The molecule has 86 valence electrons. The van der Waals surface area contributed by atoms with Crippen molar-refractivity contribution in [1.82, 2.24) is 4.98 Å². The fourth-order valence-electron chi connectivity index (χ4n) is 1.49. The SMILES string of the molecule is COc1ccc(N)c(C(=O)c2ccccn2)c1. The number of nitrogens with two attached hydrogens (primary N) is 1. The van der Waals surface area contributed by atoms with Gasteiger partial charge in [-0.1, -0.05) is 6.07 Å². The van der Waals surface area contributed by atoms with Gasteiger partial charge in [-0.05, 0) is 30.3 Å². The quantitative estimate of drug-likeness (QED) is 0.643. The molecule has 1 aromatic heterocycles. The molecule has 4 heteroatoms. The molecule has 2 aromatic rings. The number of ether oxygens (including phenoxy) is 1. The number of aromatic nitrogens is 1. The largest absolute Gasteiger partial charge is 0.497 e. The molecule has 2 N–H and O–H groups in total. The third kappa shape index (κ3) is 2.25. The Balaban J connectivity index is 2.44. The molecule has 0 fully saturated rings. The molecule has 0 bridgehead atoms. The lowest BCUT2D eigenvalue weighted by molar-refractivity contribution is 0.103. The number of carbonyl (C=O) groups is 1. The van der Waals surface area contributed by atoms with Crippen LogP contribution in [-0.2, 0) is 0 Å². The molecule has 1 heterocycles. The van der Waals surface area contributed by atoms with E-state index in [1.807, 2.05) is 0 Å². The first-order chi connectivity index (χ1) is 8.22. The molecule has 1 aromatic carbocycles. The minimum absolute atomic E-state index is 0.206. The van der Waals surface area contributed by atoms with Crippen molar-refractivity contribution in [3.05, 3.63) is 53.9 Å². The number of pyridine rings is 1. The van der Waals surface area contributed by atoms with Crippen molar-refractivity contribution in [3.8, 4) is 5.75 Å². The number of ketones is 1. The van der Waals surface area contributed by atoms with E-state index in [0.29, 0.717) is 22.7 Å². The van der Waals surface area contributed by atoms with Crippen LogP contribution < -0.4 is 10.5 Å². The lowest BCUT2D eigenvalue weighted by Gasteiger charge is -2.06. The van der Waals surface area contributed by atoms with E-state index < -0.39 is 0 Å². The van der Waals surface area contributed by atoms with Crippen LogP contribution >= 0.6 is 0 Å². The van der Waals surface area contributed by atoms with Crippen LogP contribution in [0.5, 0.6) is 5.75 Å². The average Bonchev–Trinajstić information content (AvgIpc) is 2.39. The molecular weight excluding hydrogens is 216 g/mol. The topological polar surface area (TPSA) is 65.2 Å². The summed E-state index contributed by atoms with van der Waals surface area (Å²) >= 11 is 0. The van der Waals surface area contributed by atoms with Gasteiger partial charge in [-0.2, -0.15) is 0 Å². The number of nitrogen functional groups attached to an aromatic ring is 1. The normalized spacial score (nSPS) is 9.94. The Kier molecular flexibility index (Phi) is 3.05. The first-order valence-electron chi connectivity index (χ1n) is 5.11. The van der Waals surface area contributed by atoms with Crippen molar-refractivity contribution >= 4 is 11.5 Å². The molecule has 0 saturated carbocycles. The molecule has 0 aliphatic heterocycles. The summed E-state index contributed by atoms with van der Waals surface area (Å²) in [6.45, 7) is 0. The summed E-state index contributed by atoms with van der Waals surface area (Å²) in [6.07, 6.45) is 1.57. The van der Waals surface area contributed by atoms with Gasteiger partial charge >= 0.3 is 0 Å². The molecule has 0 aliphatic carbocycles. The Bertz CT molecular complexity index is 538. The van der Waals surface area contributed by atoms with Crippen molar-refractivity contribution in [2.45, 2.75) is 0 Å². The standard InChI is InChI=1S/C13H12N2O2/c1-17-9-5-6-11(14)10(8-9)13(16)12-4-2-3-7-15-12/h2-8H,14H2,1H3. The molecule has 0 radical (unpaired) electrons. The van der Waals surface area contributed by atoms with Gasteiger partial charge in [0, 0.05) is 11.9 Å². The molecule has 2 rings (SSSR count). The summed E-state index contributed by atoms with van der Waals surface area (Å²) in [5, 5.41) is 0. The van der Waals surface area contributed by atoms with E-state index >= 15 is 0 Å². The Labute approximate surface area is 99.1 Å². The zero-order valence-corrected chi connectivity index (χ0v) is 9.38. The van der Waals surface area contributed by atoms with E-state index in [9.17, 15) is 4.79 Å². The lowest BCUT2D eigenvalue weighted by atomic mass is 10.1. The highest BCUT2D eigenvalue weighted by molar-refractivity contribution is 6.11. The van der Waals surface area contributed by atoms with Crippen molar-refractivity contribution < 1.29 is 9.53 Å². The number of methoxy groups -OCH3 is 1. The molecule has 0 amide bonds. The average molecular weight is 228 g/mol. The van der Waals surface area contributed by atoms with Crippen LogP contribution in [0.4, 0.5) is 5.69 Å². The monoisotopic (exact) mass is 228 g/mol. The van der Waals surface area contributed by atoms with Crippen LogP contribution in [0.15, 0.2) is 42.6 Å². The molecule has 0 atom stereocenters. The number of rotatable bonds is 3. The van der Waals surface area contributed by atoms with Crippen molar-refractivity contribution in [2.75, 3.05) is 12.8 Å². The van der Waals surface area contributed by atoms with Gasteiger partial charge in [-0.3, -0.25) is 9.78 Å². The number of nitrogens with zero attached hydrogens (tertiary/aromatic N) is 1. The Morgan fingerprint density at radius 1 is 1.29 bits per heavy atom. The van der Waals surface area contributed by atoms with Gasteiger partial charge in [-0.25, -0.2) is 0 Å². The molecular formula is C13H12N2O2. The van der Waals surface area contributed by atoms with Gasteiger partial charge in [0.15, 0.2) is 0 Å². The highest BCUT2D eigenvalue weighted by Gasteiger charge is 2.14. The maximum absolute atomic E-state index is 12.1. The van der Waals surface area contributed by atoms with E-state index in [0.717, 1.165) is 0 Å². The molecule has 0 saturated heterocycles. The molecule has 4 nitrogen and oxygen atoms in total. The predicted molar refractivity (Wildman–Crippen MR) is 65.1 cm³/mol. The van der Waals surface area contributed by atoms with E-state index in [4.69, 9.17) is 10.5 Å². The van der Waals surface area contributed by atoms with Crippen molar-refractivity contribution in [1.29, 1.82) is 0 Å². The van der Waals surface area contributed by atoms with E-state index in [-0.39, 0.29) is 5.78 Å². The van der Waals surface area contributed by atoms with E-state index in [1.165, 1.54) is 0 Å². The van der Waals surface area contributed by atoms with Gasteiger partial charge < -0.3 is 10.5 Å². The maximum atomic E-state index is 12.1. The Morgan fingerprint density at radius 2 is 2.12 bits per heavy atom. The number of hydrogen-bond donors (Lipinski definition) is 1. The fraction of sp³-hybridized carbons (Fsp3) is 0.0769. The van der Waals surface area contributed by atoms with Gasteiger partial charge in [-0.15, -0.1) is 0 Å². The van der Waals surface area contributed by atoms with Crippen LogP contribution in [0.1, 0.15) is 16.1 Å². The summed E-state index contributed by atoms with van der Waals surface area (Å²) in [4.78, 5) is 16.1. The third-order valence-electron chi connectivity index (χ3n) is 2.40. The van der Waals surface area contributed by atoms with Crippen LogP contribution in [-0.4, -0.2) is 17.9 Å². The Hall–Kier alpha value is -2.36. The molecule has 0 unspecified atom stereocenters.